The highest BCUT2D eigenvalue weighted by Crippen LogP contribution is 2.24. The summed E-state index contributed by atoms with van der Waals surface area (Å²) in [6.45, 7) is 4.97. The third-order valence-electron chi connectivity index (χ3n) is 5.54. The Bertz CT molecular complexity index is 880. The zero-order chi connectivity index (χ0) is 21.5. The number of pyridine rings is 1. The molecular weight excluding hydrogens is 376 g/mol. The van der Waals surface area contributed by atoms with Crippen LogP contribution in [0.3, 0.4) is 0 Å². The number of nitrogens with two attached hydrogens (primary N) is 1. The van der Waals surface area contributed by atoms with Gasteiger partial charge in [0.2, 0.25) is 5.91 Å². The summed E-state index contributed by atoms with van der Waals surface area (Å²) in [5.74, 6) is 1.38. The van der Waals surface area contributed by atoms with Gasteiger partial charge in [-0.1, -0.05) is 35.9 Å². The second-order valence-electron chi connectivity index (χ2n) is 7.92. The van der Waals surface area contributed by atoms with E-state index in [0.717, 1.165) is 43.3 Å². The molecule has 1 aliphatic heterocycles. The number of anilines is 1. The van der Waals surface area contributed by atoms with E-state index < -0.39 is 0 Å². The lowest BCUT2D eigenvalue weighted by Crippen LogP contribution is -2.42. The Kier molecular flexibility index (Phi) is 7.27. The van der Waals surface area contributed by atoms with Crippen LogP contribution in [0.4, 0.5) is 5.82 Å². The lowest BCUT2D eigenvalue weighted by molar-refractivity contribution is -0.122. The third-order valence-corrected chi connectivity index (χ3v) is 5.54. The molecule has 0 radical (unpaired) electrons. The van der Waals surface area contributed by atoms with Crippen molar-refractivity contribution in [1.82, 2.24) is 15.2 Å². The van der Waals surface area contributed by atoms with Crippen LogP contribution in [0.1, 0.15) is 29.5 Å². The maximum Gasteiger partial charge on any atom is 0.222 e. The molecule has 2 heterocycles. The van der Waals surface area contributed by atoms with E-state index in [1.807, 2.05) is 13.1 Å². The molecule has 0 aliphatic carbocycles. The summed E-state index contributed by atoms with van der Waals surface area (Å²) in [6, 6.07) is 12.5. The number of aromatic nitrogens is 1. The number of aryl methyl sites for hydroxylation is 1. The van der Waals surface area contributed by atoms with Crippen molar-refractivity contribution in [2.75, 3.05) is 32.1 Å². The number of benzene rings is 1. The SMILES string of the molecule is CN=C(NCc1cccnc1N1CCCC(C(N)=O)C1)N(C)Cc1ccc(C)cc1. The van der Waals surface area contributed by atoms with Gasteiger partial charge in [-0.15, -0.1) is 0 Å². The Morgan fingerprint density at radius 1 is 1.33 bits per heavy atom. The van der Waals surface area contributed by atoms with Crippen molar-refractivity contribution in [1.29, 1.82) is 0 Å². The maximum absolute atomic E-state index is 11.7. The van der Waals surface area contributed by atoms with Gasteiger partial charge in [0.05, 0.1) is 5.92 Å². The Morgan fingerprint density at radius 2 is 2.10 bits per heavy atom. The number of piperidine rings is 1. The molecule has 1 aromatic heterocycles. The van der Waals surface area contributed by atoms with Gasteiger partial charge in [0.15, 0.2) is 5.96 Å². The second kappa shape index (κ2) is 10.1. The smallest absolute Gasteiger partial charge is 0.222 e. The molecule has 160 valence electrons. The normalized spacial score (nSPS) is 17.0. The van der Waals surface area contributed by atoms with Crippen LogP contribution < -0.4 is 16.0 Å². The average molecular weight is 409 g/mol. The molecule has 3 rings (SSSR count). The van der Waals surface area contributed by atoms with Crippen molar-refractivity contribution in [2.24, 2.45) is 16.6 Å². The van der Waals surface area contributed by atoms with E-state index in [1.165, 1.54) is 11.1 Å². The van der Waals surface area contributed by atoms with Crippen molar-refractivity contribution < 1.29 is 4.79 Å². The number of hydrogen-bond donors (Lipinski definition) is 2. The van der Waals surface area contributed by atoms with Crippen molar-refractivity contribution in [3.63, 3.8) is 0 Å². The standard InChI is InChI=1S/C23H32N6O/c1-17-8-10-18(11-9-17)15-28(3)23(25-2)27-14-19-6-4-12-26-22(19)29-13-5-7-20(16-29)21(24)30/h4,6,8-12,20H,5,7,13-16H2,1-3H3,(H2,24,30)(H,25,27). The minimum Gasteiger partial charge on any atom is -0.369 e. The van der Waals surface area contributed by atoms with Crippen LogP contribution in [0.2, 0.25) is 0 Å². The second-order valence-corrected chi connectivity index (χ2v) is 7.92. The van der Waals surface area contributed by atoms with E-state index in [4.69, 9.17) is 5.73 Å². The van der Waals surface area contributed by atoms with E-state index in [2.05, 4.69) is 62.3 Å². The predicted molar refractivity (Wildman–Crippen MR) is 121 cm³/mol. The Labute approximate surface area is 179 Å². The molecule has 1 aliphatic rings. The fourth-order valence-corrected chi connectivity index (χ4v) is 3.86. The van der Waals surface area contributed by atoms with Crippen LogP contribution in [-0.4, -0.2) is 48.9 Å². The average Bonchev–Trinajstić information content (AvgIpc) is 2.76. The number of carbonyl (C=O) groups is 1. The number of amides is 1. The summed E-state index contributed by atoms with van der Waals surface area (Å²) in [5.41, 5.74) is 9.11. The molecule has 1 amide bonds. The number of guanidine groups is 1. The first kappa shape index (κ1) is 21.6. The summed E-state index contributed by atoms with van der Waals surface area (Å²) < 4.78 is 0. The zero-order valence-corrected chi connectivity index (χ0v) is 18.1. The third kappa shape index (κ3) is 5.49. The number of hydrogen-bond acceptors (Lipinski definition) is 4. The van der Waals surface area contributed by atoms with Gasteiger partial charge in [-0.25, -0.2) is 4.98 Å². The predicted octanol–water partition coefficient (Wildman–Crippen LogP) is 2.30. The number of carbonyl (C=O) groups excluding carboxylic acids is 1. The monoisotopic (exact) mass is 408 g/mol. The van der Waals surface area contributed by atoms with Crippen LogP contribution in [0.5, 0.6) is 0 Å². The highest BCUT2D eigenvalue weighted by molar-refractivity contribution is 5.80. The molecule has 30 heavy (non-hydrogen) atoms. The van der Waals surface area contributed by atoms with Gasteiger partial charge in [0, 0.05) is 52.0 Å². The minimum atomic E-state index is -0.228. The summed E-state index contributed by atoms with van der Waals surface area (Å²) in [7, 11) is 3.82. The lowest BCUT2D eigenvalue weighted by atomic mass is 9.97. The van der Waals surface area contributed by atoms with E-state index >= 15 is 0 Å². The molecule has 0 saturated carbocycles. The largest absolute Gasteiger partial charge is 0.369 e. The molecule has 2 aromatic rings. The van der Waals surface area contributed by atoms with E-state index in [-0.39, 0.29) is 11.8 Å². The molecule has 1 unspecified atom stereocenters. The number of nitrogens with one attached hydrogen (secondary N) is 1. The Morgan fingerprint density at radius 3 is 2.80 bits per heavy atom. The van der Waals surface area contributed by atoms with Crippen molar-refractivity contribution in [3.05, 3.63) is 59.3 Å². The van der Waals surface area contributed by atoms with Gasteiger partial charge in [0.1, 0.15) is 5.82 Å². The van der Waals surface area contributed by atoms with Crippen molar-refractivity contribution in [2.45, 2.75) is 32.9 Å². The Balaban J connectivity index is 1.66. The molecule has 1 aromatic carbocycles. The molecule has 3 N–H and O–H groups in total. The molecule has 7 nitrogen and oxygen atoms in total. The van der Waals surface area contributed by atoms with Crippen LogP contribution in [0, 0.1) is 12.8 Å². The molecule has 0 spiro atoms. The molecular formula is C23H32N6O. The molecule has 1 atom stereocenters. The first-order chi connectivity index (χ1) is 14.5. The van der Waals surface area contributed by atoms with Crippen LogP contribution >= 0.6 is 0 Å². The molecule has 0 bridgehead atoms. The fourth-order valence-electron chi connectivity index (χ4n) is 3.86. The first-order valence-corrected chi connectivity index (χ1v) is 10.4. The summed E-state index contributed by atoms with van der Waals surface area (Å²) in [4.78, 5) is 25.0. The number of primary amides is 1. The number of rotatable bonds is 6. The van der Waals surface area contributed by atoms with Crippen molar-refractivity contribution >= 4 is 17.7 Å². The quantitative estimate of drug-likeness (QED) is 0.566. The van der Waals surface area contributed by atoms with Crippen LogP contribution in [0.25, 0.3) is 0 Å². The molecule has 1 fully saturated rings. The lowest BCUT2D eigenvalue weighted by Gasteiger charge is -2.33. The fraction of sp³-hybridized carbons (Fsp3) is 0.435. The summed E-state index contributed by atoms with van der Waals surface area (Å²) in [5, 5.41) is 3.45. The molecule has 7 heteroatoms. The van der Waals surface area contributed by atoms with E-state index in [9.17, 15) is 4.79 Å². The first-order valence-electron chi connectivity index (χ1n) is 10.4. The van der Waals surface area contributed by atoms with Crippen LogP contribution in [-0.2, 0) is 17.9 Å². The highest BCUT2D eigenvalue weighted by Gasteiger charge is 2.26. The highest BCUT2D eigenvalue weighted by atomic mass is 16.1. The number of aliphatic imine (C=N–C) groups is 1. The minimum absolute atomic E-state index is 0.116. The van der Waals surface area contributed by atoms with Crippen molar-refractivity contribution in [3.8, 4) is 0 Å². The van der Waals surface area contributed by atoms with Gasteiger partial charge < -0.3 is 20.9 Å². The molecule has 1 saturated heterocycles. The Hall–Kier alpha value is -3.09. The van der Waals surface area contributed by atoms with Gasteiger partial charge in [-0.05, 0) is 31.4 Å². The summed E-state index contributed by atoms with van der Waals surface area (Å²) in [6.07, 6.45) is 3.59. The van der Waals surface area contributed by atoms with E-state index in [1.54, 1.807) is 13.2 Å². The zero-order valence-electron chi connectivity index (χ0n) is 18.1. The van der Waals surface area contributed by atoms with Crippen LogP contribution in [0.15, 0.2) is 47.6 Å². The maximum atomic E-state index is 11.7. The number of nitrogens with zero attached hydrogens (tertiary/aromatic N) is 4. The topological polar surface area (TPSA) is 86.9 Å². The van der Waals surface area contributed by atoms with Gasteiger partial charge in [0.25, 0.3) is 0 Å². The van der Waals surface area contributed by atoms with Gasteiger partial charge in [-0.3, -0.25) is 9.79 Å². The summed E-state index contributed by atoms with van der Waals surface area (Å²) >= 11 is 0. The van der Waals surface area contributed by atoms with Gasteiger partial charge in [-0.2, -0.15) is 0 Å². The van der Waals surface area contributed by atoms with Gasteiger partial charge >= 0.3 is 0 Å². The van der Waals surface area contributed by atoms with E-state index in [0.29, 0.717) is 13.1 Å².